The molecule has 0 aliphatic rings. The molecule has 0 atom stereocenters. The van der Waals surface area contributed by atoms with Gasteiger partial charge in [-0.1, -0.05) is 0 Å². The van der Waals surface area contributed by atoms with Crippen molar-refractivity contribution in [3.8, 4) is 0 Å². The summed E-state index contributed by atoms with van der Waals surface area (Å²) in [7, 11) is 0. The lowest BCUT2D eigenvalue weighted by Gasteiger charge is -2.04. The van der Waals surface area contributed by atoms with Gasteiger partial charge in [-0.3, -0.25) is 9.59 Å². The van der Waals surface area contributed by atoms with Gasteiger partial charge in [0.15, 0.2) is 12.0 Å². The third kappa shape index (κ3) is 2.85. The van der Waals surface area contributed by atoms with Gasteiger partial charge < -0.3 is 14.5 Å². The van der Waals surface area contributed by atoms with Crippen LogP contribution in [0.15, 0.2) is 29.0 Å². The second kappa shape index (κ2) is 5.31. The topological polar surface area (TPSA) is 81.4 Å². The van der Waals surface area contributed by atoms with Crippen molar-refractivity contribution in [3.63, 3.8) is 0 Å². The summed E-state index contributed by atoms with van der Waals surface area (Å²) in [5.74, 6) is -0.969. The average molecular weight is 248 g/mol. The Balaban J connectivity index is 2.00. The molecule has 1 N–H and O–H groups in total. The number of carbonyl (C=O) groups excluding carboxylic acids is 2. The van der Waals surface area contributed by atoms with Gasteiger partial charge in [-0.25, -0.2) is 4.98 Å². The molecule has 1 aromatic heterocycles. The molecular formula is C12H12N2O4. The Bertz CT molecular complexity index is 576. The molecule has 6 heteroatoms. The highest BCUT2D eigenvalue weighted by Gasteiger charge is 2.10. The van der Waals surface area contributed by atoms with E-state index >= 15 is 0 Å². The largest absolute Gasteiger partial charge is 0.466 e. The monoisotopic (exact) mass is 248 g/mol. The third-order valence-corrected chi connectivity index (χ3v) is 2.23. The average Bonchev–Trinajstić information content (AvgIpc) is 2.76. The molecule has 0 saturated heterocycles. The van der Waals surface area contributed by atoms with E-state index in [9.17, 15) is 9.59 Å². The maximum atomic E-state index is 11.5. The standard InChI is InChI=1S/C12H12N2O4/c1-2-17-12(16)6-11(15)14-8-3-4-9-10(5-8)18-7-13-9/h3-5,7H,2,6H2,1H3,(H,14,15). The van der Waals surface area contributed by atoms with E-state index in [-0.39, 0.29) is 13.0 Å². The van der Waals surface area contributed by atoms with E-state index in [0.29, 0.717) is 16.8 Å². The minimum absolute atomic E-state index is 0.260. The van der Waals surface area contributed by atoms with Gasteiger partial charge in [0, 0.05) is 11.8 Å². The maximum absolute atomic E-state index is 11.5. The highest BCUT2D eigenvalue weighted by Crippen LogP contribution is 2.17. The molecule has 1 amide bonds. The van der Waals surface area contributed by atoms with Crippen LogP contribution in [0, 0.1) is 0 Å². The third-order valence-electron chi connectivity index (χ3n) is 2.23. The molecular weight excluding hydrogens is 236 g/mol. The first kappa shape index (κ1) is 12.1. The molecule has 0 unspecified atom stereocenters. The van der Waals surface area contributed by atoms with E-state index in [0.717, 1.165) is 0 Å². The van der Waals surface area contributed by atoms with E-state index in [1.54, 1.807) is 25.1 Å². The number of ether oxygens (including phenoxy) is 1. The van der Waals surface area contributed by atoms with Gasteiger partial charge in [0.2, 0.25) is 5.91 Å². The van der Waals surface area contributed by atoms with Crippen LogP contribution in [0.3, 0.4) is 0 Å². The van der Waals surface area contributed by atoms with Crippen molar-refractivity contribution in [1.82, 2.24) is 4.98 Å². The van der Waals surface area contributed by atoms with Crippen molar-refractivity contribution in [2.45, 2.75) is 13.3 Å². The number of hydrogen-bond acceptors (Lipinski definition) is 5. The Morgan fingerprint density at radius 3 is 3.06 bits per heavy atom. The van der Waals surface area contributed by atoms with Crippen LogP contribution in [0.2, 0.25) is 0 Å². The fourth-order valence-electron chi connectivity index (χ4n) is 1.48. The molecule has 94 valence electrons. The quantitative estimate of drug-likeness (QED) is 0.658. The zero-order valence-electron chi connectivity index (χ0n) is 9.80. The Kier molecular flexibility index (Phi) is 3.57. The van der Waals surface area contributed by atoms with Crippen LogP contribution in [0.5, 0.6) is 0 Å². The highest BCUT2D eigenvalue weighted by atomic mass is 16.5. The van der Waals surface area contributed by atoms with Crippen LogP contribution in [0.25, 0.3) is 11.1 Å². The molecule has 1 aromatic carbocycles. The van der Waals surface area contributed by atoms with E-state index in [2.05, 4.69) is 15.0 Å². The first-order valence-corrected chi connectivity index (χ1v) is 5.47. The van der Waals surface area contributed by atoms with Gasteiger partial charge in [0.1, 0.15) is 11.9 Å². The fourth-order valence-corrected chi connectivity index (χ4v) is 1.48. The van der Waals surface area contributed by atoms with Crippen molar-refractivity contribution in [3.05, 3.63) is 24.6 Å². The highest BCUT2D eigenvalue weighted by molar-refractivity contribution is 6.02. The minimum Gasteiger partial charge on any atom is -0.466 e. The summed E-state index contributed by atoms with van der Waals surface area (Å²) in [5.41, 5.74) is 1.83. The summed E-state index contributed by atoms with van der Waals surface area (Å²) in [6.07, 6.45) is 1.02. The van der Waals surface area contributed by atoms with Crippen molar-refractivity contribution in [2.24, 2.45) is 0 Å². The van der Waals surface area contributed by atoms with E-state index in [4.69, 9.17) is 4.42 Å². The van der Waals surface area contributed by atoms with Gasteiger partial charge in [0.05, 0.1) is 6.61 Å². The molecule has 0 saturated carbocycles. The lowest BCUT2D eigenvalue weighted by molar-refractivity contribution is -0.145. The number of nitrogens with zero attached hydrogens (tertiary/aromatic N) is 1. The minimum atomic E-state index is -0.546. The van der Waals surface area contributed by atoms with Crippen LogP contribution < -0.4 is 5.32 Å². The number of aromatic nitrogens is 1. The Labute approximate surface area is 103 Å². The number of fused-ring (bicyclic) bond motifs is 1. The van der Waals surface area contributed by atoms with Crippen molar-refractivity contribution in [1.29, 1.82) is 0 Å². The number of nitrogens with one attached hydrogen (secondary N) is 1. The van der Waals surface area contributed by atoms with Crippen molar-refractivity contribution < 1.29 is 18.7 Å². The van der Waals surface area contributed by atoms with Crippen LogP contribution in [-0.4, -0.2) is 23.5 Å². The summed E-state index contributed by atoms with van der Waals surface area (Å²) in [6, 6.07) is 5.05. The van der Waals surface area contributed by atoms with E-state index in [1.807, 2.05) is 0 Å². The molecule has 0 radical (unpaired) electrons. The van der Waals surface area contributed by atoms with Crippen LogP contribution >= 0.6 is 0 Å². The summed E-state index contributed by atoms with van der Waals surface area (Å²) in [6.45, 7) is 1.95. The summed E-state index contributed by atoms with van der Waals surface area (Å²) < 4.78 is 9.79. The number of oxazole rings is 1. The van der Waals surface area contributed by atoms with E-state index in [1.165, 1.54) is 6.39 Å². The second-order valence-electron chi connectivity index (χ2n) is 3.56. The van der Waals surface area contributed by atoms with Crippen LogP contribution in [-0.2, 0) is 14.3 Å². The lowest BCUT2D eigenvalue weighted by atomic mass is 10.2. The zero-order chi connectivity index (χ0) is 13.0. The predicted molar refractivity (Wildman–Crippen MR) is 63.9 cm³/mol. The zero-order valence-corrected chi connectivity index (χ0v) is 9.80. The number of hydrogen-bond donors (Lipinski definition) is 1. The first-order chi connectivity index (χ1) is 8.69. The Hall–Kier alpha value is -2.37. The van der Waals surface area contributed by atoms with Crippen molar-refractivity contribution in [2.75, 3.05) is 11.9 Å². The lowest BCUT2D eigenvalue weighted by Crippen LogP contribution is -2.18. The molecule has 0 aliphatic carbocycles. The molecule has 0 bridgehead atoms. The summed E-state index contributed by atoms with van der Waals surface area (Å²) >= 11 is 0. The second-order valence-corrected chi connectivity index (χ2v) is 3.56. The molecule has 0 fully saturated rings. The number of anilines is 1. The van der Waals surface area contributed by atoms with Crippen LogP contribution in [0.1, 0.15) is 13.3 Å². The van der Waals surface area contributed by atoms with Gasteiger partial charge in [0.25, 0.3) is 0 Å². The number of rotatable bonds is 4. The van der Waals surface area contributed by atoms with Crippen molar-refractivity contribution >= 4 is 28.7 Å². The molecule has 1 heterocycles. The molecule has 0 spiro atoms. The van der Waals surface area contributed by atoms with Gasteiger partial charge in [-0.2, -0.15) is 0 Å². The normalized spacial score (nSPS) is 10.3. The molecule has 0 aliphatic heterocycles. The van der Waals surface area contributed by atoms with Crippen LogP contribution in [0.4, 0.5) is 5.69 Å². The Morgan fingerprint density at radius 2 is 2.28 bits per heavy atom. The number of amides is 1. The molecule has 18 heavy (non-hydrogen) atoms. The number of benzene rings is 1. The van der Waals surface area contributed by atoms with Gasteiger partial charge in [-0.15, -0.1) is 0 Å². The van der Waals surface area contributed by atoms with Gasteiger partial charge in [-0.05, 0) is 19.1 Å². The van der Waals surface area contributed by atoms with E-state index < -0.39 is 11.9 Å². The predicted octanol–water partition coefficient (Wildman–Crippen LogP) is 1.72. The summed E-state index contributed by atoms with van der Waals surface area (Å²) in [4.78, 5) is 26.6. The Morgan fingerprint density at radius 1 is 1.44 bits per heavy atom. The molecule has 2 aromatic rings. The molecule has 2 rings (SSSR count). The molecule has 6 nitrogen and oxygen atoms in total. The first-order valence-electron chi connectivity index (χ1n) is 5.47. The SMILES string of the molecule is CCOC(=O)CC(=O)Nc1ccc2ncoc2c1. The smallest absolute Gasteiger partial charge is 0.315 e. The number of carbonyl (C=O) groups is 2. The van der Waals surface area contributed by atoms with Gasteiger partial charge >= 0.3 is 5.97 Å². The fraction of sp³-hybridized carbons (Fsp3) is 0.250. The summed E-state index contributed by atoms with van der Waals surface area (Å²) in [5, 5.41) is 2.59. The number of esters is 1. The maximum Gasteiger partial charge on any atom is 0.315 e.